The van der Waals surface area contributed by atoms with Gasteiger partial charge in [0.05, 0.1) is 18.2 Å². The van der Waals surface area contributed by atoms with E-state index in [9.17, 15) is 4.79 Å². The van der Waals surface area contributed by atoms with Gasteiger partial charge in [0.25, 0.3) is 5.91 Å². The lowest BCUT2D eigenvalue weighted by Gasteiger charge is -2.06. The molecule has 0 aliphatic heterocycles. The normalized spacial score (nSPS) is 10.6. The van der Waals surface area contributed by atoms with E-state index in [0.717, 1.165) is 0 Å². The van der Waals surface area contributed by atoms with Crippen LogP contribution in [0.4, 0.5) is 0 Å². The lowest BCUT2D eigenvalue weighted by Crippen LogP contribution is -2.26. The Labute approximate surface area is 133 Å². The number of aromatic nitrogens is 1. The van der Waals surface area contributed by atoms with Gasteiger partial charge in [-0.25, -0.2) is 4.98 Å². The van der Waals surface area contributed by atoms with Crippen LogP contribution in [0.3, 0.4) is 0 Å². The molecule has 118 valence electrons. The van der Waals surface area contributed by atoms with Crippen molar-refractivity contribution < 1.29 is 19.1 Å². The largest absolute Gasteiger partial charge is 0.443 e. The van der Waals surface area contributed by atoms with Crippen LogP contribution >= 0.6 is 11.6 Å². The first-order chi connectivity index (χ1) is 10.7. The lowest BCUT2D eigenvalue weighted by molar-refractivity contribution is 0.0866. The van der Waals surface area contributed by atoms with Crippen LogP contribution in [-0.2, 0) is 4.74 Å². The van der Waals surface area contributed by atoms with Crippen LogP contribution in [0.5, 0.6) is 0 Å². The first-order valence-corrected chi connectivity index (χ1v) is 7.27. The zero-order valence-corrected chi connectivity index (χ0v) is 12.7. The van der Waals surface area contributed by atoms with Crippen LogP contribution in [0.25, 0.3) is 11.3 Å². The summed E-state index contributed by atoms with van der Waals surface area (Å²) < 4.78 is 10.4. The van der Waals surface area contributed by atoms with Crippen molar-refractivity contribution in [2.24, 2.45) is 0 Å². The van der Waals surface area contributed by atoms with Crippen LogP contribution in [0, 0.1) is 0 Å². The molecule has 2 aromatic rings. The van der Waals surface area contributed by atoms with Gasteiger partial charge in [0.2, 0.25) is 0 Å². The molecule has 1 amide bonds. The number of rotatable bonds is 8. The van der Waals surface area contributed by atoms with Crippen molar-refractivity contribution in [1.29, 1.82) is 0 Å². The van der Waals surface area contributed by atoms with Crippen molar-refractivity contribution in [3.05, 3.63) is 41.4 Å². The molecule has 22 heavy (non-hydrogen) atoms. The maximum atomic E-state index is 12.1. The first kappa shape index (κ1) is 16.5. The molecule has 1 heterocycles. The SMILES string of the molecule is O=C(NCCCOCCO)c1ncoc1-c1ccccc1Cl. The molecule has 0 bridgehead atoms. The molecule has 2 N–H and O–H groups in total. The van der Waals surface area contributed by atoms with Gasteiger partial charge in [-0.2, -0.15) is 0 Å². The number of nitrogens with zero attached hydrogens (tertiary/aromatic N) is 1. The van der Waals surface area contributed by atoms with Crippen molar-refractivity contribution in [3.8, 4) is 11.3 Å². The van der Waals surface area contributed by atoms with Crippen molar-refractivity contribution in [2.45, 2.75) is 6.42 Å². The third-order valence-corrected chi connectivity index (χ3v) is 3.22. The summed E-state index contributed by atoms with van der Waals surface area (Å²) in [6.07, 6.45) is 1.86. The van der Waals surface area contributed by atoms with E-state index in [2.05, 4.69) is 10.3 Å². The molecule has 2 rings (SSSR count). The van der Waals surface area contributed by atoms with Crippen LogP contribution in [0.15, 0.2) is 35.1 Å². The number of hydrogen-bond acceptors (Lipinski definition) is 5. The average molecular weight is 325 g/mol. The molecule has 0 radical (unpaired) electrons. The maximum absolute atomic E-state index is 12.1. The second kappa shape index (κ2) is 8.53. The molecule has 0 saturated carbocycles. The minimum absolute atomic E-state index is 0.00745. The van der Waals surface area contributed by atoms with E-state index in [0.29, 0.717) is 42.5 Å². The highest BCUT2D eigenvalue weighted by atomic mass is 35.5. The van der Waals surface area contributed by atoms with Crippen LogP contribution in [-0.4, -0.2) is 42.4 Å². The topological polar surface area (TPSA) is 84.6 Å². The second-order valence-corrected chi connectivity index (χ2v) is 4.86. The van der Waals surface area contributed by atoms with Gasteiger partial charge in [0.15, 0.2) is 17.8 Å². The average Bonchev–Trinajstić information content (AvgIpc) is 3.00. The highest BCUT2D eigenvalue weighted by molar-refractivity contribution is 6.33. The quantitative estimate of drug-likeness (QED) is 0.727. The molecule has 7 heteroatoms. The predicted octanol–water partition coefficient (Wildman–Crippen LogP) is 2.12. The van der Waals surface area contributed by atoms with E-state index in [4.69, 9.17) is 25.9 Å². The number of carbonyl (C=O) groups is 1. The summed E-state index contributed by atoms with van der Waals surface area (Å²) in [7, 11) is 0. The summed E-state index contributed by atoms with van der Waals surface area (Å²) in [6, 6.07) is 7.10. The number of aliphatic hydroxyl groups excluding tert-OH is 1. The van der Waals surface area contributed by atoms with Crippen LogP contribution in [0.2, 0.25) is 5.02 Å². The van der Waals surface area contributed by atoms with Gasteiger partial charge in [-0.15, -0.1) is 0 Å². The standard InChI is InChI=1S/C15H17ClN2O4/c16-12-5-2-1-4-11(12)14-13(18-10-22-14)15(20)17-6-3-8-21-9-7-19/h1-2,4-5,10,19H,3,6-9H2,(H,17,20). The van der Waals surface area contributed by atoms with Crippen molar-refractivity contribution in [1.82, 2.24) is 10.3 Å². The molecule has 0 saturated heterocycles. The minimum atomic E-state index is -0.328. The monoisotopic (exact) mass is 324 g/mol. The molecule has 0 spiro atoms. The van der Waals surface area contributed by atoms with E-state index in [1.54, 1.807) is 18.2 Å². The van der Waals surface area contributed by atoms with Crippen molar-refractivity contribution >= 4 is 17.5 Å². The smallest absolute Gasteiger partial charge is 0.273 e. The Hall–Kier alpha value is -1.89. The van der Waals surface area contributed by atoms with Gasteiger partial charge in [0.1, 0.15) is 0 Å². The van der Waals surface area contributed by atoms with Gasteiger partial charge < -0.3 is 19.6 Å². The Balaban J connectivity index is 1.95. The molecular formula is C15H17ClN2O4. The van der Waals surface area contributed by atoms with Gasteiger partial charge in [-0.1, -0.05) is 23.7 Å². The minimum Gasteiger partial charge on any atom is -0.443 e. The molecule has 0 aliphatic rings. The molecule has 1 aromatic carbocycles. The predicted molar refractivity (Wildman–Crippen MR) is 81.8 cm³/mol. The number of benzene rings is 1. The van der Waals surface area contributed by atoms with Crippen LogP contribution in [0.1, 0.15) is 16.9 Å². The van der Waals surface area contributed by atoms with Gasteiger partial charge in [0, 0.05) is 18.7 Å². The number of amides is 1. The number of nitrogens with one attached hydrogen (secondary N) is 1. The van der Waals surface area contributed by atoms with E-state index in [1.807, 2.05) is 6.07 Å². The first-order valence-electron chi connectivity index (χ1n) is 6.89. The van der Waals surface area contributed by atoms with E-state index < -0.39 is 0 Å². The van der Waals surface area contributed by atoms with Gasteiger partial charge >= 0.3 is 0 Å². The second-order valence-electron chi connectivity index (χ2n) is 4.46. The number of oxazole rings is 1. The molecular weight excluding hydrogens is 308 g/mol. The molecule has 0 unspecified atom stereocenters. The number of aliphatic hydroxyl groups is 1. The fraction of sp³-hybridized carbons (Fsp3) is 0.333. The van der Waals surface area contributed by atoms with Gasteiger partial charge in [-0.3, -0.25) is 4.79 Å². The summed E-state index contributed by atoms with van der Waals surface area (Å²) in [6.45, 7) is 1.20. The Morgan fingerprint density at radius 1 is 1.36 bits per heavy atom. The Morgan fingerprint density at radius 3 is 2.95 bits per heavy atom. The van der Waals surface area contributed by atoms with E-state index in [-0.39, 0.29) is 18.2 Å². The van der Waals surface area contributed by atoms with E-state index in [1.165, 1.54) is 6.39 Å². The third-order valence-electron chi connectivity index (χ3n) is 2.89. The summed E-state index contributed by atoms with van der Waals surface area (Å²) in [5.74, 6) is 0.0189. The third kappa shape index (κ3) is 4.30. The number of hydrogen-bond donors (Lipinski definition) is 2. The van der Waals surface area contributed by atoms with Crippen molar-refractivity contribution in [3.63, 3.8) is 0 Å². The molecule has 0 aliphatic carbocycles. The van der Waals surface area contributed by atoms with E-state index >= 15 is 0 Å². The summed E-state index contributed by atoms with van der Waals surface area (Å²) in [4.78, 5) is 16.1. The fourth-order valence-electron chi connectivity index (χ4n) is 1.87. The molecule has 1 aromatic heterocycles. The Bertz CT molecular complexity index is 615. The van der Waals surface area contributed by atoms with Gasteiger partial charge in [-0.05, 0) is 18.6 Å². The summed E-state index contributed by atoms with van der Waals surface area (Å²) in [5.41, 5.74) is 0.822. The number of ether oxygens (including phenoxy) is 1. The lowest BCUT2D eigenvalue weighted by atomic mass is 10.1. The molecule has 0 atom stereocenters. The highest BCUT2D eigenvalue weighted by Crippen LogP contribution is 2.29. The zero-order chi connectivity index (χ0) is 15.8. The number of halogens is 1. The Morgan fingerprint density at radius 2 is 2.18 bits per heavy atom. The summed E-state index contributed by atoms with van der Waals surface area (Å²) >= 11 is 6.11. The highest BCUT2D eigenvalue weighted by Gasteiger charge is 2.19. The Kier molecular flexibility index (Phi) is 6.39. The fourth-order valence-corrected chi connectivity index (χ4v) is 2.09. The van der Waals surface area contributed by atoms with Crippen LogP contribution < -0.4 is 5.32 Å². The zero-order valence-electron chi connectivity index (χ0n) is 11.9. The van der Waals surface area contributed by atoms with Crippen molar-refractivity contribution in [2.75, 3.05) is 26.4 Å². The molecule has 0 fully saturated rings. The molecule has 6 nitrogen and oxygen atoms in total. The number of carbonyl (C=O) groups excluding carboxylic acids is 1. The maximum Gasteiger partial charge on any atom is 0.273 e. The summed E-state index contributed by atoms with van der Waals surface area (Å²) in [5, 5.41) is 11.8.